The molecular formula is C10H9ClN2O. The summed E-state index contributed by atoms with van der Waals surface area (Å²) in [6, 6.07) is 8.74. The van der Waals surface area contributed by atoms with Crippen molar-refractivity contribution in [2.24, 2.45) is 0 Å². The van der Waals surface area contributed by atoms with Crippen molar-refractivity contribution >= 4 is 12.4 Å². The van der Waals surface area contributed by atoms with Gasteiger partial charge in [-0.05, 0) is 18.2 Å². The van der Waals surface area contributed by atoms with E-state index in [9.17, 15) is 5.11 Å². The van der Waals surface area contributed by atoms with E-state index in [1.807, 2.05) is 6.07 Å². The SMILES string of the molecule is Cl.Oc1ccccc1-c1ncccn1. The summed E-state index contributed by atoms with van der Waals surface area (Å²) in [5.41, 5.74) is 0.656. The lowest BCUT2D eigenvalue weighted by Crippen LogP contribution is -1.86. The molecular weight excluding hydrogens is 200 g/mol. The predicted molar refractivity (Wildman–Crippen MR) is 56.4 cm³/mol. The fraction of sp³-hybridized carbons (Fsp3) is 0. The smallest absolute Gasteiger partial charge is 0.162 e. The zero-order valence-electron chi connectivity index (χ0n) is 7.29. The van der Waals surface area contributed by atoms with Crippen LogP contribution >= 0.6 is 12.4 Å². The molecule has 0 aliphatic carbocycles. The van der Waals surface area contributed by atoms with Gasteiger partial charge in [-0.3, -0.25) is 0 Å². The Balaban J connectivity index is 0.000000980. The summed E-state index contributed by atoms with van der Waals surface area (Å²) in [6.07, 6.45) is 3.30. The number of para-hydroxylation sites is 1. The van der Waals surface area contributed by atoms with Crippen LogP contribution in [-0.2, 0) is 0 Å². The van der Waals surface area contributed by atoms with E-state index in [-0.39, 0.29) is 18.2 Å². The van der Waals surface area contributed by atoms with E-state index in [1.54, 1.807) is 36.7 Å². The first-order chi connectivity index (χ1) is 6.38. The number of benzene rings is 1. The number of nitrogens with zero attached hydrogens (tertiary/aromatic N) is 2. The van der Waals surface area contributed by atoms with Crippen LogP contribution in [0.15, 0.2) is 42.7 Å². The van der Waals surface area contributed by atoms with Gasteiger partial charge in [-0.2, -0.15) is 0 Å². The second-order valence-corrected chi connectivity index (χ2v) is 2.59. The number of halogens is 1. The van der Waals surface area contributed by atoms with Gasteiger partial charge in [-0.15, -0.1) is 12.4 Å². The van der Waals surface area contributed by atoms with E-state index < -0.39 is 0 Å². The maximum Gasteiger partial charge on any atom is 0.162 e. The molecule has 2 aromatic rings. The van der Waals surface area contributed by atoms with Crippen LogP contribution < -0.4 is 0 Å². The Labute approximate surface area is 87.9 Å². The molecule has 4 heteroatoms. The number of phenolic OH excluding ortho intramolecular Hbond substituents is 1. The summed E-state index contributed by atoms with van der Waals surface area (Å²) >= 11 is 0. The molecule has 0 fully saturated rings. The molecule has 1 heterocycles. The van der Waals surface area contributed by atoms with E-state index in [4.69, 9.17) is 0 Å². The topological polar surface area (TPSA) is 46.0 Å². The summed E-state index contributed by atoms with van der Waals surface area (Å²) in [6.45, 7) is 0. The van der Waals surface area contributed by atoms with Gasteiger partial charge in [-0.25, -0.2) is 9.97 Å². The second kappa shape index (κ2) is 4.58. The summed E-state index contributed by atoms with van der Waals surface area (Å²) < 4.78 is 0. The fourth-order valence-electron chi connectivity index (χ4n) is 1.10. The molecule has 3 nitrogen and oxygen atoms in total. The zero-order chi connectivity index (χ0) is 9.10. The normalized spacial score (nSPS) is 9.14. The van der Waals surface area contributed by atoms with Crippen molar-refractivity contribution in [1.82, 2.24) is 9.97 Å². The lowest BCUT2D eigenvalue weighted by molar-refractivity contribution is 0.477. The number of hydrogen-bond donors (Lipinski definition) is 1. The second-order valence-electron chi connectivity index (χ2n) is 2.59. The van der Waals surface area contributed by atoms with Crippen LogP contribution in [0.4, 0.5) is 0 Å². The molecule has 1 aromatic heterocycles. The zero-order valence-corrected chi connectivity index (χ0v) is 8.11. The first-order valence-corrected chi connectivity index (χ1v) is 3.93. The number of aromatic hydroxyl groups is 1. The van der Waals surface area contributed by atoms with Crippen molar-refractivity contribution in [3.05, 3.63) is 42.7 Å². The highest BCUT2D eigenvalue weighted by Gasteiger charge is 2.03. The Bertz CT molecular complexity index is 406. The molecule has 0 amide bonds. The highest BCUT2D eigenvalue weighted by atomic mass is 35.5. The summed E-state index contributed by atoms with van der Waals surface area (Å²) in [5, 5.41) is 9.48. The first kappa shape index (κ1) is 10.5. The van der Waals surface area contributed by atoms with Crippen LogP contribution in [0.1, 0.15) is 0 Å². The third kappa shape index (κ3) is 2.00. The van der Waals surface area contributed by atoms with Gasteiger partial charge in [0.2, 0.25) is 0 Å². The van der Waals surface area contributed by atoms with Crippen LogP contribution in [0, 0.1) is 0 Å². The van der Waals surface area contributed by atoms with Crippen LogP contribution in [0.2, 0.25) is 0 Å². The molecule has 0 aliphatic heterocycles. The standard InChI is InChI=1S/C10H8N2O.ClH/c13-9-5-2-1-4-8(9)10-11-6-3-7-12-10;/h1-7,13H;1H. The maximum absolute atomic E-state index is 9.48. The average molecular weight is 209 g/mol. The molecule has 0 aliphatic rings. The largest absolute Gasteiger partial charge is 0.507 e. The highest BCUT2D eigenvalue weighted by molar-refractivity contribution is 5.85. The van der Waals surface area contributed by atoms with E-state index in [1.165, 1.54) is 0 Å². The van der Waals surface area contributed by atoms with Crippen molar-refractivity contribution in [3.8, 4) is 17.1 Å². The van der Waals surface area contributed by atoms with Crippen molar-refractivity contribution < 1.29 is 5.11 Å². The van der Waals surface area contributed by atoms with Gasteiger partial charge in [0.25, 0.3) is 0 Å². The van der Waals surface area contributed by atoms with Gasteiger partial charge >= 0.3 is 0 Å². The van der Waals surface area contributed by atoms with E-state index in [0.717, 1.165) is 0 Å². The Hall–Kier alpha value is -1.61. The summed E-state index contributed by atoms with van der Waals surface area (Å²) in [5.74, 6) is 0.745. The molecule has 1 N–H and O–H groups in total. The molecule has 72 valence electrons. The van der Waals surface area contributed by atoms with Gasteiger partial charge in [0.05, 0.1) is 5.56 Å². The number of rotatable bonds is 1. The third-order valence-electron chi connectivity index (χ3n) is 1.71. The Kier molecular flexibility index (Phi) is 3.42. The van der Waals surface area contributed by atoms with Crippen molar-refractivity contribution in [3.63, 3.8) is 0 Å². The predicted octanol–water partition coefficient (Wildman–Crippen LogP) is 2.27. The molecule has 0 unspecified atom stereocenters. The average Bonchev–Trinajstić information content (AvgIpc) is 2.20. The van der Waals surface area contributed by atoms with Crippen LogP contribution in [0.5, 0.6) is 5.75 Å². The Morgan fingerprint density at radius 1 is 0.929 bits per heavy atom. The molecule has 0 spiro atoms. The Morgan fingerprint density at radius 2 is 1.57 bits per heavy atom. The molecule has 14 heavy (non-hydrogen) atoms. The molecule has 0 saturated carbocycles. The van der Waals surface area contributed by atoms with Crippen LogP contribution in [-0.4, -0.2) is 15.1 Å². The number of phenols is 1. The van der Waals surface area contributed by atoms with Crippen molar-refractivity contribution in [1.29, 1.82) is 0 Å². The number of aromatic nitrogens is 2. The van der Waals surface area contributed by atoms with E-state index in [0.29, 0.717) is 11.4 Å². The van der Waals surface area contributed by atoms with Crippen molar-refractivity contribution in [2.45, 2.75) is 0 Å². The molecule has 0 saturated heterocycles. The molecule has 2 rings (SSSR count). The summed E-state index contributed by atoms with van der Waals surface area (Å²) in [4.78, 5) is 8.08. The van der Waals surface area contributed by atoms with Crippen molar-refractivity contribution in [2.75, 3.05) is 0 Å². The quantitative estimate of drug-likeness (QED) is 0.782. The minimum absolute atomic E-state index is 0. The number of hydrogen-bond acceptors (Lipinski definition) is 3. The lowest BCUT2D eigenvalue weighted by Gasteiger charge is -2.00. The maximum atomic E-state index is 9.48. The first-order valence-electron chi connectivity index (χ1n) is 3.93. The molecule has 0 radical (unpaired) electrons. The van der Waals surface area contributed by atoms with Crippen LogP contribution in [0.3, 0.4) is 0 Å². The molecule has 1 aromatic carbocycles. The monoisotopic (exact) mass is 208 g/mol. The van der Waals surface area contributed by atoms with E-state index >= 15 is 0 Å². The van der Waals surface area contributed by atoms with Gasteiger partial charge in [0, 0.05) is 12.4 Å². The minimum atomic E-state index is 0. The van der Waals surface area contributed by atoms with Gasteiger partial charge in [0.1, 0.15) is 5.75 Å². The molecule has 0 bridgehead atoms. The van der Waals surface area contributed by atoms with Gasteiger partial charge in [0.15, 0.2) is 5.82 Å². The highest BCUT2D eigenvalue weighted by Crippen LogP contribution is 2.24. The summed E-state index contributed by atoms with van der Waals surface area (Å²) in [7, 11) is 0. The minimum Gasteiger partial charge on any atom is -0.507 e. The molecule has 0 atom stereocenters. The Morgan fingerprint density at radius 3 is 2.21 bits per heavy atom. The van der Waals surface area contributed by atoms with Gasteiger partial charge in [-0.1, -0.05) is 12.1 Å². The van der Waals surface area contributed by atoms with Gasteiger partial charge < -0.3 is 5.11 Å². The third-order valence-corrected chi connectivity index (χ3v) is 1.71. The lowest BCUT2D eigenvalue weighted by atomic mass is 10.2. The van der Waals surface area contributed by atoms with E-state index in [2.05, 4.69) is 9.97 Å². The van der Waals surface area contributed by atoms with Crippen LogP contribution in [0.25, 0.3) is 11.4 Å². The fourth-order valence-corrected chi connectivity index (χ4v) is 1.10.